The van der Waals surface area contributed by atoms with Crippen LogP contribution in [0.1, 0.15) is 39.0 Å². The van der Waals surface area contributed by atoms with Crippen LogP contribution in [0.2, 0.25) is 0 Å². The van der Waals surface area contributed by atoms with Crippen LogP contribution >= 0.6 is 0 Å². The van der Waals surface area contributed by atoms with E-state index < -0.39 is 0 Å². The molecule has 0 radical (unpaired) electrons. The maximum atomic E-state index is 5.84. The highest BCUT2D eigenvalue weighted by atomic mass is 15.3. The van der Waals surface area contributed by atoms with Crippen LogP contribution in [0.25, 0.3) is 0 Å². The van der Waals surface area contributed by atoms with Crippen molar-refractivity contribution >= 4 is 5.96 Å². The van der Waals surface area contributed by atoms with E-state index in [1.807, 2.05) is 0 Å². The van der Waals surface area contributed by atoms with Gasteiger partial charge >= 0.3 is 0 Å². The molecule has 0 aromatic heterocycles. The Kier molecular flexibility index (Phi) is 4.65. The molecule has 1 aliphatic rings. The Morgan fingerprint density at radius 3 is 2.62 bits per heavy atom. The maximum absolute atomic E-state index is 5.84. The molecule has 1 heterocycles. The molecule has 0 aromatic carbocycles. The fraction of sp³-hybridized carbons (Fsp3) is 0.900. The molecule has 0 unspecified atom stereocenters. The predicted molar refractivity (Wildman–Crippen MR) is 56.8 cm³/mol. The molecule has 13 heavy (non-hydrogen) atoms. The molecule has 0 aromatic rings. The molecule has 0 spiro atoms. The summed E-state index contributed by atoms with van der Waals surface area (Å²) in [7, 11) is 0. The lowest BCUT2D eigenvalue weighted by Gasteiger charge is -2.15. The summed E-state index contributed by atoms with van der Waals surface area (Å²) < 4.78 is 0. The Bertz CT molecular complexity index is 160. The number of hydrogen-bond donors (Lipinski definition) is 1. The van der Waals surface area contributed by atoms with Crippen molar-refractivity contribution in [2.24, 2.45) is 10.7 Å². The van der Waals surface area contributed by atoms with Gasteiger partial charge in [0.15, 0.2) is 5.96 Å². The zero-order valence-electron chi connectivity index (χ0n) is 8.63. The van der Waals surface area contributed by atoms with E-state index in [0.717, 1.165) is 25.6 Å². The second-order valence-electron chi connectivity index (χ2n) is 3.64. The van der Waals surface area contributed by atoms with Gasteiger partial charge in [-0.15, -0.1) is 0 Å². The van der Waals surface area contributed by atoms with Crippen molar-refractivity contribution in [3.63, 3.8) is 0 Å². The summed E-state index contributed by atoms with van der Waals surface area (Å²) in [6, 6.07) is 0. The lowest BCUT2D eigenvalue weighted by molar-refractivity contribution is 0.509. The van der Waals surface area contributed by atoms with Crippen LogP contribution in [0.15, 0.2) is 4.99 Å². The zero-order valence-corrected chi connectivity index (χ0v) is 8.63. The number of guanidine groups is 1. The number of unbranched alkanes of at least 4 members (excludes halogenated alkanes) is 2. The van der Waals surface area contributed by atoms with Gasteiger partial charge in [-0.05, 0) is 19.3 Å². The Balaban J connectivity index is 2.16. The van der Waals surface area contributed by atoms with Crippen LogP contribution in [0.3, 0.4) is 0 Å². The van der Waals surface area contributed by atoms with E-state index in [1.54, 1.807) is 0 Å². The van der Waals surface area contributed by atoms with Crippen molar-refractivity contribution in [3.05, 3.63) is 0 Å². The zero-order chi connectivity index (χ0) is 9.52. The second kappa shape index (κ2) is 5.84. The molecule has 1 saturated heterocycles. The van der Waals surface area contributed by atoms with Gasteiger partial charge in [0.2, 0.25) is 0 Å². The van der Waals surface area contributed by atoms with Crippen LogP contribution in [0.4, 0.5) is 0 Å². The fourth-order valence-electron chi connectivity index (χ4n) is 1.60. The highest BCUT2D eigenvalue weighted by molar-refractivity contribution is 5.78. The van der Waals surface area contributed by atoms with Crippen molar-refractivity contribution in [1.82, 2.24) is 4.90 Å². The first-order chi connectivity index (χ1) is 6.34. The number of nitrogens with two attached hydrogens (primary N) is 1. The van der Waals surface area contributed by atoms with Crippen molar-refractivity contribution in [3.8, 4) is 0 Å². The third-order valence-electron chi connectivity index (χ3n) is 2.47. The van der Waals surface area contributed by atoms with E-state index in [1.165, 1.54) is 32.1 Å². The minimum Gasteiger partial charge on any atom is -0.370 e. The normalized spacial score (nSPS) is 18.2. The Labute approximate surface area is 81.0 Å². The quantitative estimate of drug-likeness (QED) is 0.408. The number of aliphatic imine (C=N–C) groups is 1. The van der Waals surface area contributed by atoms with E-state index in [4.69, 9.17) is 5.73 Å². The van der Waals surface area contributed by atoms with Gasteiger partial charge in [-0.1, -0.05) is 19.8 Å². The molecular weight excluding hydrogens is 162 g/mol. The molecule has 3 heteroatoms. The molecule has 1 rings (SSSR count). The average Bonchev–Trinajstić information content (AvgIpc) is 2.65. The van der Waals surface area contributed by atoms with E-state index >= 15 is 0 Å². The standard InChI is InChI=1S/C10H21N3/c1-2-3-4-7-12-10(11)13-8-5-6-9-13/h2-9H2,1H3,(H2,11,12). The van der Waals surface area contributed by atoms with Crippen LogP contribution < -0.4 is 5.73 Å². The summed E-state index contributed by atoms with van der Waals surface area (Å²) >= 11 is 0. The lowest BCUT2D eigenvalue weighted by atomic mass is 10.2. The molecule has 0 aliphatic carbocycles. The van der Waals surface area contributed by atoms with Gasteiger partial charge in [-0.3, -0.25) is 4.99 Å². The molecule has 0 saturated carbocycles. The monoisotopic (exact) mass is 183 g/mol. The van der Waals surface area contributed by atoms with E-state index in [0.29, 0.717) is 0 Å². The largest absolute Gasteiger partial charge is 0.370 e. The number of rotatable bonds is 4. The SMILES string of the molecule is CCCCCN=C(N)N1CCCC1. The maximum Gasteiger partial charge on any atom is 0.191 e. The topological polar surface area (TPSA) is 41.6 Å². The van der Waals surface area contributed by atoms with Gasteiger partial charge in [0.05, 0.1) is 0 Å². The minimum atomic E-state index is 0.758. The summed E-state index contributed by atoms with van der Waals surface area (Å²) in [5.41, 5.74) is 5.84. The third kappa shape index (κ3) is 3.66. The van der Waals surface area contributed by atoms with Crippen molar-refractivity contribution in [2.75, 3.05) is 19.6 Å². The highest BCUT2D eigenvalue weighted by Crippen LogP contribution is 2.06. The van der Waals surface area contributed by atoms with Gasteiger partial charge in [-0.2, -0.15) is 0 Å². The fourth-order valence-corrected chi connectivity index (χ4v) is 1.60. The summed E-state index contributed by atoms with van der Waals surface area (Å²) in [4.78, 5) is 6.55. The van der Waals surface area contributed by atoms with Gasteiger partial charge in [-0.25, -0.2) is 0 Å². The van der Waals surface area contributed by atoms with Crippen LogP contribution in [-0.2, 0) is 0 Å². The molecule has 1 aliphatic heterocycles. The average molecular weight is 183 g/mol. The smallest absolute Gasteiger partial charge is 0.191 e. The summed E-state index contributed by atoms with van der Waals surface area (Å²) in [5, 5.41) is 0. The Morgan fingerprint density at radius 1 is 1.31 bits per heavy atom. The van der Waals surface area contributed by atoms with E-state index in [2.05, 4.69) is 16.8 Å². The molecule has 3 nitrogen and oxygen atoms in total. The molecular formula is C10H21N3. The summed E-state index contributed by atoms with van der Waals surface area (Å²) in [5.74, 6) is 0.758. The van der Waals surface area contributed by atoms with Gasteiger partial charge in [0.1, 0.15) is 0 Å². The Morgan fingerprint density at radius 2 is 2.00 bits per heavy atom. The van der Waals surface area contributed by atoms with Crippen LogP contribution in [0.5, 0.6) is 0 Å². The lowest BCUT2D eigenvalue weighted by Crippen LogP contribution is -2.34. The number of hydrogen-bond acceptors (Lipinski definition) is 1. The molecule has 76 valence electrons. The molecule has 0 amide bonds. The molecule has 0 atom stereocenters. The molecule has 2 N–H and O–H groups in total. The number of likely N-dealkylation sites (tertiary alicyclic amines) is 1. The van der Waals surface area contributed by atoms with Crippen molar-refractivity contribution < 1.29 is 0 Å². The first kappa shape index (κ1) is 10.4. The predicted octanol–water partition coefficient (Wildman–Crippen LogP) is 1.59. The van der Waals surface area contributed by atoms with E-state index in [-0.39, 0.29) is 0 Å². The van der Waals surface area contributed by atoms with Gasteiger partial charge < -0.3 is 10.6 Å². The van der Waals surface area contributed by atoms with Crippen LogP contribution in [-0.4, -0.2) is 30.5 Å². The molecule has 1 fully saturated rings. The van der Waals surface area contributed by atoms with Crippen LogP contribution in [0, 0.1) is 0 Å². The Hall–Kier alpha value is -0.730. The summed E-state index contributed by atoms with van der Waals surface area (Å²) in [6.07, 6.45) is 6.22. The minimum absolute atomic E-state index is 0.758. The third-order valence-corrected chi connectivity index (χ3v) is 2.47. The summed E-state index contributed by atoms with van der Waals surface area (Å²) in [6.45, 7) is 5.30. The number of nitrogens with zero attached hydrogens (tertiary/aromatic N) is 2. The molecule has 0 bridgehead atoms. The highest BCUT2D eigenvalue weighted by Gasteiger charge is 2.12. The van der Waals surface area contributed by atoms with Gasteiger partial charge in [0, 0.05) is 19.6 Å². The first-order valence-electron chi connectivity index (χ1n) is 5.39. The van der Waals surface area contributed by atoms with Crippen molar-refractivity contribution in [1.29, 1.82) is 0 Å². The van der Waals surface area contributed by atoms with Crippen molar-refractivity contribution in [2.45, 2.75) is 39.0 Å². The van der Waals surface area contributed by atoms with E-state index in [9.17, 15) is 0 Å². The second-order valence-corrected chi connectivity index (χ2v) is 3.64. The first-order valence-corrected chi connectivity index (χ1v) is 5.39. The van der Waals surface area contributed by atoms with Gasteiger partial charge in [0.25, 0.3) is 0 Å².